The van der Waals surface area contributed by atoms with Crippen LogP contribution in [0.25, 0.3) is 0 Å². The van der Waals surface area contributed by atoms with E-state index in [1.165, 1.54) is 0 Å². The summed E-state index contributed by atoms with van der Waals surface area (Å²) in [5, 5.41) is 3.24. The average molecular weight is 414 g/mol. The lowest BCUT2D eigenvalue weighted by atomic mass is 9.95. The molecule has 2 aromatic carbocycles. The van der Waals surface area contributed by atoms with Crippen LogP contribution in [0.1, 0.15) is 25.0 Å². The SMILES string of the molecule is CNC[C@]1(COCc2ccccc2)O[C@@H]2OC(C)(C)O[C@@H]2[C@@H]1OCc1ccccc1. The maximum Gasteiger partial charge on any atom is 0.190 e. The minimum atomic E-state index is -0.718. The van der Waals surface area contributed by atoms with Gasteiger partial charge in [-0.2, -0.15) is 0 Å². The summed E-state index contributed by atoms with van der Waals surface area (Å²) in [7, 11) is 1.90. The second kappa shape index (κ2) is 9.14. The van der Waals surface area contributed by atoms with Gasteiger partial charge in [-0.3, -0.25) is 0 Å². The van der Waals surface area contributed by atoms with Gasteiger partial charge in [-0.25, -0.2) is 0 Å². The number of hydrogen-bond donors (Lipinski definition) is 1. The molecule has 2 saturated heterocycles. The lowest BCUT2D eigenvalue weighted by molar-refractivity contribution is -0.253. The molecule has 4 atom stereocenters. The molecule has 2 aromatic rings. The Balaban J connectivity index is 1.51. The van der Waals surface area contributed by atoms with Crippen molar-refractivity contribution in [2.45, 2.75) is 56.9 Å². The van der Waals surface area contributed by atoms with Crippen molar-refractivity contribution >= 4 is 0 Å². The monoisotopic (exact) mass is 413 g/mol. The number of ether oxygens (including phenoxy) is 5. The second-order valence-electron chi connectivity index (χ2n) is 8.38. The smallest absolute Gasteiger partial charge is 0.190 e. The molecule has 2 aliphatic rings. The molecule has 2 aliphatic heterocycles. The van der Waals surface area contributed by atoms with Crippen LogP contribution in [0.3, 0.4) is 0 Å². The van der Waals surface area contributed by atoms with Gasteiger partial charge < -0.3 is 29.0 Å². The summed E-state index contributed by atoms with van der Waals surface area (Å²) in [4.78, 5) is 0. The van der Waals surface area contributed by atoms with Crippen LogP contribution >= 0.6 is 0 Å². The molecule has 2 heterocycles. The van der Waals surface area contributed by atoms with Crippen molar-refractivity contribution in [3.05, 3.63) is 71.8 Å². The van der Waals surface area contributed by atoms with Gasteiger partial charge in [0.2, 0.25) is 0 Å². The molecule has 0 amide bonds. The highest BCUT2D eigenvalue weighted by molar-refractivity contribution is 5.15. The number of hydrogen-bond acceptors (Lipinski definition) is 6. The largest absolute Gasteiger partial charge is 0.374 e. The number of rotatable bonds is 9. The standard InChI is InChI=1S/C24H31NO5/c1-23(2)28-20-21(27-15-19-12-8-5-9-13-19)24(16-25-3,30-22(20)29-23)17-26-14-18-10-6-4-7-11-18/h4-13,20-22,25H,14-17H2,1-3H3/t20-,21+,22+,24-/m1/s1. The highest BCUT2D eigenvalue weighted by Crippen LogP contribution is 2.44. The number of fused-ring (bicyclic) bond motifs is 1. The Bertz CT molecular complexity index is 800. The summed E-state index contributed by atoms with van der Waals surface area (Å²) in [6.45, 7) is 5.68. The zero-order chi connectivity index (χ0) is 21.0. The zero-order valence-corrected chi connectivity index (χ0v) is 17.9. The van der Waals surface area contributed by atoms with Crippen LogP contribution in [-0.2, 0) is 36.9 Å². The molecule has 2 fully saturated rings. The molecule has 0 bridgehead atoms. The van der Waals surface area contributed by atoms with Gasteiger partial charge in [0.05, 0.1) is 19.8 Å². The Labute approximate surface area is 178 Å². The van der Waals surface area contributed by atoms with Gasteiger partial charge in [-0.1, -0.05) is 60.7 Å². The molecule has 6 nitrogen and oxygen atoms in total. The third kappa shape index (κ3) is 4.75. The maximum absolute atomic E-state index is 6.43. The fraction of sp³-hybridized carbons (Fsp3) is 0.500. The Hall–Kier alpha value is -1.80. The quantitative estimate of drug-likeness (QED) is 0.681. The average Bonchev–Trinajstić information content (AvgIpc) is 3.17. The van der Waals surface area contributed by atoms with Crippen LogP contribution in [-0.4, -0.2) is 50.1 Å². The summed E-state index contributed by atoms with van der Waals surface area (Å²) in [6.07, 6.45) is -1.15. The molecule has 0 radical (unpaired) electrons. The summed E-state index contributed by atoms with van der Waals surface area (Å²) in [5.74, 6) is -0.708. The highest BCUT2D eigenvalue weighted by Gasteiger charge is 2.62. The molecule has 4 rings (SSSR count). The van der Waals surface area contributed by atoms with Crippen molar-refractivity contribution in [3.8, 4) is 0 Å². The van der Waals surface area contributed by atoms with E-state index in [4.69, 9.17) is 23.7 Å². The van der Waals surface area contributed by atoms with Crippen molar-refractivity contribution in [2.24, 2.45) is 0 Å². The predicted molar refractivity (Wildman–Crippen MR) is 113 cm³/mol. The first-order valence-corrected chi connectivity index (χ1v) is 10.5. The lowest BCUT2D eigenvalue weighted by Crippen LogP contribution is -2.55. The third-order valence-electron chi connectivity index (χ3n) is 5.46. The molecule has 6 heteroatoms. The second-order valence-corrected chi connectivity index (χ2v) is 8.38. The minimum absolute atomic E-state index is 0.322. The van der Waals surface area contributed by atoms with Crippen LogP contribution in [0.2, 0.25) is 0 Å². The Morgan fingerprint density at radius 1 is 0.867 bits per heavy atom. The molecule has 0 unspecified atom stereocenters. The summed E-state index contributed by atoms with van der Waals surface area (Å²) in [6, 6.07) is 20.2. The van der Waals surface area contributed by atoms with Crippen molar-refractivity contribution in [2.75, 3.05) is 20.2 Å². The molecule has 0 aromatic heterocycles. The van der Waals surface area contributed by atoms with Crippen molar-refractivity contribution in [1.82, 2.24) is 5.32 Å². The normalized spacial score (nSPS) is 29.8. The van der Waals surface area contributed by atoms with Gasteiger partial charge in [0, 0.05) is 6.54 Å². The first-order chi connectivity index (χ1) is 14.5. The van der Waals surface area contributed by atoms with Crippen LogP contribution in [0, 0.1) is 0 Å². The topological polar surface area (TPSA) is 58.2 Å². The fourth-order valence-corrected chi connectivity index (χ4v) is 4.18. The van der Waals surface area contributed by atoms with Crippen LogP contribution in [0.15, 0.2) is 60.7 Å². The molecule has 0 aliphatic carbocycles. The van der Waals surface area contributed by atoms with E-state index in [0.29, 0.717) is 26.4 Å². The van der Waals surface area contributed by atoms with E-state index in [-0.39, 0.29) is 12.2 Å². The molecule has 1 N–H and O–H groups in total. The van der Waals surface area contributed by atoms with E-state index in [1.807, 2.05) is 69.4 Å². The van der Waals surface area contributed by atoms with E-state index in [2.05, 4.69) is 17.4 Å². The summed E-state index contributed by atoms with van der Waals surface area (Å²) in [5.41, 5.74) is 1.50. The van der Waals surface area contributed by atoms with Crippen molar-refractivity contribution < 1.29 is 23.7 Å². The molecule has 0 spiro atoms. The summed E-state index contributed by atoms with van der Waals surface area (Å²) < 4.78 is 31.1. The van der Waals surface area contributed by atoms with Gasteiger partial charge in [0.25, 0.3) is 0 Å². The van der Waals surface area contributed by atoms with Gasteiger partial charge >= 0.3 is 0 Å². The van der Waals surface area contributed by atoms with Gasteiger partial charge in [-0.05, 0) is 32.0 Å². The van der Waals surface area contributed by atoms with E-state index in [1.54, 1.807) is 0 Å². The third-order valence-corrected chi connectivity index (χ3v) is 5.46. The number of nitrogens with one attached hydrogen (secondary N) is 1. The van der Waals surface area contributed by atoms with Crippen molar-refractivity contribution in [1.29, 1.82) is 0 Å². The molecular weight excluding hydrogens is 382 g/mol. The predicted octanol–water partition coefficient (Wildman–Crippen LogP) is 3.25. The fourth-order valence-electron chi connectivity index (χ4n) is 4.18. The summed E-state index contributed by atoms with van der Waals surface area (Å²) >= 11 is 0. The molecule has 0 saturated carbocycles. The lowest BCUT2D eigenvalue weighted by Gasteiger charge is -2.36. The van der Waals surface area contributed by atoms with Gasteiger partial charge in [0.15, 0.2) is 12.1 Å². The van der Waals surface area contributed by atoms with E-state index in [9.17, 15) is 0 Å². The van der Waals surface area contributed by atoms with Crippen molar-refractivity contribution in [3.63, 3.8) is 0 Å². The zero-order valence-electron chi connectivity index (χ0n) is 17.9. The maximum atomic E-state index is 6.43. The van der Waals surface area contributed by atoms with Gasteiger partial charge in [-0.15, -0.1) is 0 Å². The molecular formula is C24H31NO5. The van der Waals surface area contributed by atoms with Crippen LogP contribution < -0.4 is 5.32 Å². The van der Waals surface area contributed by atoms with E-state index >= 15 is 0 Å². The first kappa shape index (κ1) is 21.4. The van der Waals surface area contributed by atoms with Crippen LogP contribution in [0.4, 0.5) is 0 Å². The highest BCUT2D eigenvalue weighted by atomic mass is 16.8. The Morgan fingerprint density at radius 3 is 2.13 bits per heavy atom. The van der Waals surface area contributed by atoms with E-state index in [0.717, 1.165) is 11.1 Å². The van der Waals surface area contributed by atoms with Gasteiger partial charge in [0.1, 0.15) is 17.8 Å². The number of benzene rings is 2. The minimum Gasteiger partial charge on any atom is -0.374 e. The molecule has 30 heavy (non-hydrogen) atoms. The Morgan fingerprint density at radius 2 is 1.50 bits per heavy atom. The first-order valence-electron chi connectivity index (χ1n) is 10.5. The Kier molecular flexibility index (Phi) is 6.53. The molecule has 162 valence electrons. The van der Waals surface area contributed by atoms with Crippen LogP contribution in [0.5, 0.6) is 0 Å². The van der Waals surface area contributed by atoms with E-state index < -0.39 is 17.7 Å². The number of likely N-dealkylation sites (N-methyl/N-ethyl adjacent to an activating group) is 1.